The van der Waals surface area contributed by atoms with Gasteiger partial charge in [-0.05, 0) is 18.9 Å². The van der Waals surface area contributed by atoms with E-state index >= 15 is 0 Å². The van der Waals surface area contributed by atoms with Crippen molar-refractivity contribution in [2.24, 2.45) is 11.7 Å². The second-order valence-corrected chi connectivity index (χ2v) is 5.68. The van der Waals surface area contributed by atoms with E-state index in [1.807, 2.05) is 39.0 Å². The minimum atomic E-state index is -0.0932. The molecule has 0 radical (unpaired) electrons. The van der Waals surface area contributed by atoms with Crippen LogP contribution in [0.2, 0.25) is 0 Å². The van der Waals surface area contributed by atoms with Crippen LogP contribution in [0.1, 0.15) is 31.4 Å². The second-order valence-electron chi connectivity index (χ2n) is 5.68. The molecule has 0 heterocycles. The molecule has 1 aromatic rings. The molecule has 112 valence electrons. The van der Waals surface area contributed by atoms with Gasteiger partial charge in [-0.25, -0.2) is 0 Å². The number of ether oxygens (including phenoxy) is 1. The van der Waals surface area contributed by atoms with Crippen LogP contribution in [0.15, 0.2) is 18.2 Å². The monoisotopic (exact) mass is 278 g/mol. The molecule has 4 heteroatoms. The van der Waals surface area contributed by atoms with E-state index in [-0.39, 0.29) is 11.9 Å². The molecule has 0 saturated carbocycles. The summed E-state index contributed by atoms with van der Waals surface area (Å²) >= 11 is 0. The maximum absolute atomic E-state index is 12.2. The van der Waals surface area contributed by atoms with Crippen LogP contribution >= 0.6 is 0 Å². The third-order valence-corrected chi connectivity index (χ3v) is 3.54. The largest absolute Gasteiger partial charge is 0.496 e. The van der Waals surface area contributed by atoms with E-state index in [0.29, 0.717) is 18.9 Å². The maximum Gasteiger partial charge on any atom is 0.224 e. The molecule has 0 aromatic heterocycles. The first-order valence-corrected chi connectivity index (χ1v) is 6.98. The number of methoxy groups -OCH3 is 1. The Hall–Kier alpha value is -1.55. The molecule has 0 aliphatic heterocycles. The summed E-state index contributed by atoms with van der Waals surface area (Å²) in [6, 6.07) is 5.89. The Kier molecular flexibility index (Phi) is 6.02. The van der Waals surface area contributed by atoms with E-state index in [1.165, 1.54) is 0 Å². The van der Waals surface area contributed by atoms with Gasteiger partial charge in [-0.1, -0.05) is 31.5 Å². The van der Waals surface area contributed by atoms with Crippen molar-refractivity contribution >= 4 is 5.91 Å². The Labute approximate surface area is 121 Å². The van der Waals surface area contributed by atoms with E-state index in [2.05, 4.69) is 0 Å². The summed E-state index contributed by atoms with van der Waals surface area (Å²) < 4.78 is 5.34. The van der Waals surface area contributed by atoms with E-state index in [4.69, 9.17) is 10.5 Å². The highest BCUT2D eigenvalue weighted by Crippen LogP contribution is 2.21. The zero-order valence-corrected chi connectivity index (χ0v) is 13.1. The molecule has 0 aliphatic carbocycles. The summed E-state index contributed by atoms with van der Waals surface area (Å²) in [6.45, 7) is 6.62. The van der Waals surface area contributed by atoms with Gasteiger partial charge in [0.2, 0.25) is 5.91 Å². The predicted molar refractivity (Wildman–Crippen MR) is 81.6 cm³/mol. The topological polar surface area (TPSA) is 55.6 Å². The number of carbonyl (C=O) groups excluding carboxylic acids is 1. The van der Waals surface area contributed by atoms with Crippen molar-refractivity contribution in [3.05, 3.63) is 29.3 Å². The van der Waals surface area contributed by atoms with Crippen LogP contribution in [0.5, 0.6) is 5.75 Å². The number of hydrogen-bond acceptors (Lipinski definition) is 3. The third-order valence-electron chi connectivity index (χ3n) is 3.54. The van der Waals surface area contributed by atoms with Gasteiger partial charge < -0.3 is 15.4 Å². The lowest BCUT2D eigenvalue weighted by Crippen LogP contribution is -2.35. The zero-order chi connectivity index (χ0) is 15.3. The van der Waals surface area contributed by atoms with Crippen LogP contribution in [0, 0.1) is 12.8 Å². The Balaban J connectivity index is 2.72. The maximum atomic E-state index is 12.2. The fraction of sp³-hybridized carbons (Fsp3) is 0.562. The first-order valence-electron chi connectivity index (χ1n) is 6.98. The summed E-state index contributed by atoms with van der Waals surface area (Å²) in [5.41, 5.74) is 8.13. The first-order chi connectivity index (χ1) is 9.35. The number of rotatable bonds is 6. The number of amides is 1. The van der Waals surface area contributed by atoms with E-state index < -0.39 is 0 Å². The smallest absolute Gasteiger partial charge is 0.224 e. The van der Waals surface area contributed by atoms with Gasteiger partial charge in [0.05, 0.1) is 7.11 Å². The average molecular weight is 278 g/mol. The number of nitrogens with two attached hydrogens (primary N) is 1. The summed E-state index contributed by atoms with van der Waals surface area (Å²) in [5, 5.41) is 0. The number of aryl methyl sites for hydroxylation is 1. The highest BCUT2D eigenvalue weighted by Gasteiger charge is 2.17. The van der Waals surface area contributed by atoms with Gasteiger partial charge in [-0.3, -0.25) is 4.79 Å². The lowest BCUT2D eigenvalue weighted by molar-refractivity contribution is -0.131. The van der Waals surface area contributed by atoms with Crippen LogP contribution in [-0.2, 0) is 11.3 Å². The van der Waals surface area contributed by atoms with Crippen molar-refractivity contribution in [2.75, 3.05) is 14.2 Å². The minimum Gasteiger partial charge on any atom is -0.496 e. The van der Waals surface area contributed by atoms with Crippen LogP contribution in [0.25, 0.3) is 0 Å². The number of carbonyl (C=O) groups is 1. The fourth-order valence-corrected chi connectivity index (χ4v) is 1.97. The molecule has 1 aromatic carbocycles. The van der Waals surface area contributed by atoms with Crippen molar-refractivity contribution in [1.29, 1.82) is 0 Å². The van der Waals surface area contributed by atoms with E-state index in [0.717, 1.165) is 16.9 Å². The van der Waals surface area contributed by atoms with E-state index in [9.17, 15) is 4.79 Å². The second kappa shape index (κ2) is 7.29. The van der Waals surface area contributed by atoms with Crippen molar-refractivity contribution in [2.45, 2.75) is 39.8 Å². The fourth-order valence-electron chi connectivity index (χ4n) is 1.97. The van der Waals surface area contributed by atoms with Gasteiger partial charge in [0, 0.05) is 31.6 Å². The molecule has 2 N–H and O–H groups in total. The van der Waals surface area contributed by atoms with Gasteiger partial charge in [-0.2, -0.15) is 0 Å². The molecule has 20 heavy (non-hydrogen) atoms. The molecular weight excluding hydrogens is 252 g/mol. The molecule has 1 atom stereocenters. The van der Waals surface area contributed by atoms with Gasteiger partial charge in [-0.15, -0.1) is 0 Å². The Bertz CT molecular complexity index is 458. The number of benzene rings is 1. The molecule has 0 aliphatic rings. The molecule has 1 rings (SSSR count). The quantitative estimate of drug-likeness (QED) is 0.869. The lowest BCUT2D eigenvalue weighted by Gasteiger charge is -2.22. The summed E-state index contributed by atoms with van der Waals surface area (Å²) in [5.74, 6) is 1.18. The Morgan fingerprint density at radius 3 is 2.60 bits per heavy atom. The summed E-state index contributed by atoms with van der Waals surface area (Å²) in [7, 11) is 3.45. The Morgan fingerprint density at radius 2 is 2.05 bits per heavy atom. The Morgan fingerprint density at radius 1 is 1.40 bits per heavy atom. The van der Waals surface area contributed by atoms with Crippen molar-refractivity contribution < 1.29 is 9.53 Å². The molecular formula is C16H26N2O2. The van der Waals surface area contributed by atoms with Gasteiger partial charge in [0.15, 0.2) is 0 Å². The normalized spacial score (nSPS) is 12.3. The highest BCUT2D eigenvalue weighted by molar-refractivity contribution is 5.76. The summed E-state index contributed by atoms with van der Waals surface area (Å²) in [6.07, 6.45) is 0.377. The molecule has 0 fully saturated rings. The number of hydrogen-bond donors (Lipinski definition) is 1. The molecule has 0 bridgehead atoms. The van der Waals surface area contributed by atoms with Gasteiger partial charge in [0.1, 0.15) is 5.75 Å². The van der Waals surface area contributed by atoms with Crippen molar-refractivity contribution in [1.82, 2.24) is 4.90 Å². The van der Waals surface area contributed by atoms with Crippen molar-refractivity contribution in [3.8, 4) is 5.75 Å². The highest BCUT2D eigenvalue weighted by atomic mass is 16.5. The van der Waals surface area contributed by atoms with Gasteiger partial charge >= 0.3 is 0 Å². The average Bonchev–Trinajstić information content (AvgIpc) is 2.38. The summed E-state index contributed by atoms with van der Waals surface area (Å²) in [4.78, 5) is 13.9. The SMILES string of the molecule is COc1ccc(C)cc1CN(C)C(=O)CC(N)C(C)C. The predicted octanol–water partition coefficient (Wildman–Crippen LogP) is 2.34. The minimum absolute atomic E-state index is 0.0646. The van der Waals surface area contributed by atoms with Gasteiger partial charge in [0.25, 0.3) is 0 Å². The molecule has 1 amide bonds. The standard InChI is InChI=1S/C16H26N2O2/c1-11(2)14(17)9-16(19)18(4)10-13-8-12(3)6-7-15(13)20-5/h6-8,11,14H,9-10,17H2,1-5H3. The molecule has 0 saturated heterocycles. The van der Waals surface area contributed by atoms with Crippen molar-refractivity contribution in [3.63, 3.8) is 0 Å². The molecule has 1 unspecified atom stereocenters. The molecule has 4 nitrogen and oxygen atoms in total. The third kappa shape index (κ3) is 4.53. The van der Waals surface area contributed by atoms with Crippen LogP contribution in [-0.4, -0.2) is 31.0 Å². The first kappa shape index (κ1) is 16.5. The zero-order valence-electron chi connectivity index (χ0n) is 13.1. The lowest BCUT2D eigenvalue weighted by atomic mass is 10.0. The van der Waals surface area contributed by atoms with Crippen LogP contribution < -0.4 is 10.5 Å². The number of nitrogens with zero attached hydrogens (tertiary/aromatic N) is 1. The van der Waals surface area contributed by atoms with Crippen LogP contribution in [0.3, 0.4) is 0 Å². The van der Waals surface area contributed by atoms with E-state index in [1.54, 1.807) is 19.1 Å². The van der Waals surface area contributed by atoms with Crippen LogP contribution in [0.4, 0.5) is 0 Å². The molecule has 0 spiro atoms.